The van der Waals surface area contributed by atoms with Gasteiger partial charge in [0.05, 0.1) is 6.26 Å². The topological polar surface area (TPSA) is 55.4 Å². The Morgan fingerprint density at radius 1 is 1.05 bits per heavy atom. The van der Waals surface area contributed by atoms with Crippen molar-refractivity contribution in [2.75, 3.05) is 5.32 Å². The third-order valence-electron chi connectivity index (χ3n) is 2.91. The first-order valence-corrected chi connectivity index (χ1v) is 6.24. The molecule has 2 aromatic heterocycles. The van der Waals surface area contributed by atoms with Crippen molar-refractivity contribution in [1.29, 1.82) is 0 Å². The lowest BCUT2D eigenvalue weighted by atomic mass is 10.1. The molecular weight excluding hydrogens is 254 g/mol. The van der Waals surface area contributed by atoms with Crippen LogP contribution in [0.4, 0.5) is 5.69 Å². The Morgan fingerprint density at radius 3 is 2.45 bits per heavy atom. The normalized spacial score (nSPS) is 10.4. The number of benzene rings is 1. The zero-order valence-corrected chi connectivity index (χ0v) is 10.9. The second kappa shape index (κ2) is 5.09. The summed E-state index contributed by atoms with van der Waals surface area (Å²) in [6, 6.07) is 14.6. The number of hydrogen-bond acceptors (Lipinski definition) is 3. The van der Waals surface area contributed by atoms with Crippen molar-refractivity contribution < 1.29 is 13.6 Å². The average molecular weight is 267 g/mol. The molecule has 0 spiro atoms. The minimum absolute atomic E-state index is 0.260. The van der Waals surface area contributed by atoms with Gasteiger partial charge in [0.2, 0.25) is 0 Å². The van der Waals surface area contributed by atoms with Gasteiger partial charge in [0.25, 0.3) is 5.91 Å². The summed E-state index contributed by atoms with van der Waals surface area (Å²) >= 11 is 0. The first kappa shape index (κ1) is 12.3. The highest BCUT2D eigenvalue weighted by Gasteiger charge is 2.10. The SMILES string of the molecule is Cc1ccc(C(=O)Nc2ccc(-c3ccco3)cc2)o1. The Balaban J connectivity index is 1.74. The number of amides is 1. The summed E-state index contributed by atoms with van der Waals surface area (Å²) in [5.74, 6) is 1.55. The third-order valence-corrected chi connectivity index (χ3v) is 2.91. The predicted molar refractivity (Wildman–Crippen MR) is 75.5 cm³/mol. The van der Waals surface area contributed by atoms with E-state index in [0.29, 0.717) is 17.2 Å². The molecule has 0 saturated heterocycles. The number of hydrogen-bond donors (Lipinski definition) is 1. The van der Waals surface area contributed by atoms with Gasteiger partial charge in [-0.2, -0.15) is 0 Å². The van der Waals surface area contributed by atoms with Crippen LogP contribution in [0.3, 0.4) is 0 Å². The van der Waals surface area contributed by atoms with Crippen molar-refractivity contribution in [1.82, 2.24) is 0 Å². The van der Waals surface area contributed by atoms with E-state index in [2.05, 4.69) is 5.32 Å². The molecule has 0 aliphatic rings. The third kappa shape index (κ3) is 2.49. The number of anilines is 1. The molecule has 1 N–H and O–H groups in total. The maximum absolute atomic E-state index is 11.9. The molecule has 3 aromatic rings. The van der Waals surface area contributed by atoms with E-state index in [4.69, 9.17) is 8.83 Å². The van der Waals surface area contributed by atoms with Crippen molar-refractivity contribution in [3.8, 4) is 11.3 Å². The summed E-state index contributed by atoms with van der Waals surface area (Å²) in [4.78, 5) is 11.9. The van der Waals surface area contributed by atoms with E-state index in [1.54, 1.807) is 25.3 Å². The molecule has 0 aliphatic heterocycles. The van der Waals surface area contributed by atoms with Gasteiger partial charge in [0.15, 0.2) is 5.76 Å². The largest absolute Gasteiger partial charge is 0.464 e. The van der Waals surface area contributed by atoms with E-state index >= 15 is 0 Å². The molecule has 0 fully saturated rings. The van der Waals surface area contributed by atoms with Crippen LogP contribution in [0, 0.1) is 6.92 Å². The molecule has 0 unspecified atom stereocenters. The van der Waals surface area contributed by atoms with Crippen LogP contribution in [0.5, 0.6) is 0 Å². The van der Waals surface area contributed by atoms with Gasteiger partial charge >= 0.3 is 0 Å². The maximum atomic E-state index is 11.9. The number of aryl methyl sites for hydroxylation is 1. The summed E-state index contributed by atoms with van der Waals surface area (Å²) in [6.07, 6.45) is 1.63. The van der Waals surface area contributed by atoms with Crippen molar-refractivity contribution in [3.63, 3.8) is 0 Å². The lowest BCUT2D eigenvalue weighted by Crippen LogP contribution is -2.10. The molecule has 20 heavy (non-hydrogen) atoms. The smallest absolute Gasteiger partial charge is 0.291 e. The Labute approximate surface area is 116 Å². The quantitative estimate of drug-likeness (QED) is 0.777. The van der Waals surface area contributed by atoms with E-state index in [9.17, 15) is 4.79 Å². The summed E-state index contributed by atoms with van der Waals surface area (Å²) in [7, 11) is 0. The van der Waals surface area contributed by atoms with Gasteiger partial charge in [0.1, 0.15) is 11.5 Å². The zero-order valence-electron chi connectivity index (χ0n) is 10.9. The van der Waals surface area contributed by atoms with Crippen LogP contribution in [0.25, 0.3) is 11.3 Å². The Hall–Kier alpha value is -2.75. The molecule has 0 aliphatic carbocycles. The maximum Gasteiger partial charge on any atom is 0.291 e. The second-order valence-electron chi connectivity index (χ2n) is 4.42. The average Bonchev–Trinajstić information content (AvgIpc) is 3.10. The second-order valence-corrected chi connectivity index (χ2v) is 4.42. The number of nitrogens with one attached hydrogen (secondary N) is 1. The molecule has 0 atom stereocenters. The Morgan fingerprint density at radius 2 is 1.85 bits per heavy atom. The molecule has 4 nitrogen and oxygen atoms in total. The standard InChI is InChI=1S/C16H13NO3/c1-11-4-9-15(20-11)16(18)17-13-7-5-12(6-8-13)14-3-2-10-19-14/h2-10H,1H3,(H,17,18). The summed E-state index contributed by atoms with van der Waals surface area (Å²) < 4.78 is 10.6. The molecule has 0 saturated carbocycles. The zero-order chi connectivity index (χ0) is 13.9. The van der Waals surface area contributed by atoms with Gasteiger partial charge in [-0.3, -0.25) is 4.79 Å². The van der Waals surface area contributed by atoms with Crippen molar-refractivity contribution >= 4 is 11.6 Å². The van der Waals surface area contributed by atoms with E-state index in [1.807, 2.05) is 36.4 Å². The number of carbonyl (C=O) groups excluding carboxylic acids is 1. The van der Waals surface area contributed by atoms with Crippen molar-refractivity contribution in [2.45, 2.75) is 6.92 Å². The minimum Gasteiger partial charge on any atom is -0.464 e. The molecule has 1 amide bonds. The van der Waals surface area contributed by atoms with Crippen LogP contribution in [-0.4, -0.2) is 5.91 Å². The van der Waals surface area contributed by atoms with Crippen LogP contribution in [-0.2, 0) is 0 Å². The first-order valence-electron chi connectivity index (χ1n) is 6.24. The first-order chi connectivity index (χ1) is 9.72. The van der Waals surface area contributed by atoms with E-state index in [1.165, 1.54) is 0 Å². The van der Waals surface area contributed by atoms with Gasteiger partial charge in [-0.25, -0.2) is 0 Å². The Bertz CT molecular complexity index is 709. The van der Waals surface area contributed by atoms with Gasteiger partial charge in [-0.05, 0) is 55.5 Å². The van der Waals surface area contributed by atoms with Crippen LogP contribution >= 0.6 is 0 Å². The highest BCUT2D eigenvalue weighted by atomic mass is 16.3. The lowest BCUT2D eigenvalue weighted by molar-refractivity contribution is 0.0995. The highest BCUT2D eigenvalue weighted by Crippen LogP contribution is 2.22. The van der Waals surface area contributed by atoms with Crippen LogP contribution in [0.2, 0.25) is 0 Å². The lowest BCUT2D eigenvalue weighted by Gasteiger charge is -2.04. The minimum atomic E-state index is -0.260. The van der Waals surface area contributed by atoms with Gasteiger partial charge in [-0.15, -0.1) is 0 Å². The van der Waals surface area contributed by atoms with Crippen molar-refractivity contribution in [2.24, 2.45) is 0 Å². The summed E-state index contributed by atoms with van der Waals surface area (Å²) in [5, 5.41) is 2.78. The van der Waals surface area contributed by atoms with E-state index in [-0.39, 0.29) is 5.91 Å². The van der Waals surface area contributed by atoms with Crippen LogP contribution < -0.4 is 5.32 Å². The summed E-state index contributed by atoms with van der Waals surface area (Å²) in [5.41, 5.74) is 1.67. The van der Waals surface area contributed by atoms with E-state index in [0.717, 1.165) is 11.3 Å². The molecule has 0 bridgehead atoms. The van der Waals surface area contributed by atoms with Gasteiger partial charge < -0.3 is 14.2 Å². The molecule has 2 heterocycles. The molecule has 3 rings (SSSR count). The fourth-order valence-corrected chi connectivity index (χ4v) is 1.91. The highest BCUT2D eigenvalue weighted by molar-refractivity contribution is 6.02. The van der Waals surface area contributed by atoms with Crippen molar-refractivity contribution in [3.05, 3.63) is 66.3 Å². The molecule has 4 heteroatoms. The van der Waals surface area contributed by atoms with Gasteiger partial charge in [0, 0.05) is 11.3 Å². The molecular formula is C16H13NO3. The van der Waals surface area contributed by atoms with E-state index < -0.39 is 0 Å². The fraction of sp³-hybridized carbons (Fsp3) is 0.0625. The molecule has 0 radical (unpaired) electrons. The molecule has 1 aromatic carbocycles. The van der Waals surface area contributed by atoms with Crippen LogP contribution in [0.1, 0.15) is 16.3 Å². The number of furan rings is 2. The number of carbonyl (C=O) groups is 1. The monoisotopic (exact) mass is 267 g/mol. The Kier molecular flexibility index (Phi) is 3.13. The fourth-order valence-electron chi connectivity index (χ4n) is 1.91. The predicted octanol–water partition coefficient (Wildman–Crippen LogP) is 4.10. The van der Waals surface area contributed by atoms with Crippen LogP contribution in [0.15, 0.2) is 63.6 Å². The summed E-state index contributed by atoms with van der Waals surface area (Å²) in [6.45, 7) is 1.80. The number of rotatable bonds is 3. The van der Waals surface area contributed by atoms with Gasteiger partial charge in [-0.1, -0.05) is 0 Å². The molecule has 100 valence electrons.